The van der Waals surface area contributed by atoms with Gasteiger partial charge in [0.2, 0.25) is 0 Å². The Labute approximate surface area is 103 Å². The lowest BCUT2D eigenvalue weighted by atomic mass is 10.1. The monoisotopic (exact) mass is 287 g/mol. The molecule has 1 N–H and O–H groups in total. The number of rotatable bonds is 2. The van der Waals surface area contributed by atoms with Crippen LogP contribution in [0.3, 0.4) is 0 Å². The van der Waals surface area contributed by atoms with Crippen LogP contribution in [0.25, 0.3) is 0 Å². The molecule has 0 aromatic heterocycles. The molecule has 16 heavy (non-hydrogen) atoms. The highest BCUT2D eigenvalue weighted by molar-refractivity contribution is 9.10. The number of likely N-dealkylation sites (tertiary alicyclic amines) is 1. The van der Waals surface area contributed by atoms with Gasteiger partial charge in [-0.3, -0.25) is 4.90 Å². The molecular formula is C12H15BrFNO. The largest absolute Gasteiger partial charge is 0.389 e. The molecule has 1 aliphatic rings. The number of nitrogens with zero attached hydrogens (tertiary/aromatic N) is 1. The van der Waals surface area contributed by atoms with Crippen LogP contribution in [0.4, 0.5) is 4.39 Å². The molecule has 1 aromatic carbocycles. The van der Waals surface area contributed by atoms with Crippen LogP contribution in [0, 0.1) is 5.82 Å². The molecule has 1 saturated heterocycles. The third-order valence-corrected chi connectivity index (χ3v) is 3.43. The molecule has 1 fully saturated rings. The van der Waals surface area contributed by atoms with Crippen molar-refractivity contribution in [2.24, 2.45) is 0 Å². The minimum absolute atomic E-state index is 0.194. The first-order valence-corrected chi connectivity index (χ1v) is 6.14. The zero-order chi connectivity index (χ0) is 11.8. The van der Waals surface area contributed by atoms with Crippen molar-refractivity contribution in [2.45, 2.75) is 25.5 Å². The van der Waals surface area contributed by atoms with Crippen LogP contribution < -0.4 is 0 Å². The number of halogens is 2. The highest BCUT2D eigenvalue weighted by Crippen LogP contribution is 2.23. The Hall–Kier alpha value is -0.450. The van der Waals surface area contributed by atoms with E-state index in [9.17, 15) is 9.50 Å². The van der Waals surface area contributed by atoms with E-state index in [1.165, 1.54) is 6.07 Å². The molecule has 1 heterocycles. The summed E-state index contributed by atoms with van der Waals surface area (Å²) in [5.41, 5.74) is 0.0622. The fraction of sp³-hybridized carbons (Fsp3) is 0.500. The molecule has 0 radical (unpaired) electrons. The standard InChI is InChI=1S/C12H15BrFNO/c1-12(16)4-5-15(8-12)7-9-2-3-10(13)6-11(9)14/h2-3,6,16H,4-5,7-8H2,1H3. The molecule has 0 amide bonds. The van der Waals surface area contributed by atoms with E-state index < -0.39 is 5.60 Å². The lowest BCUT2D eigenvalue weighted by Crippen LogP contribution is -2.29. The fourth-order valence-corrected chi connectivity index (χ4v) is 2.40. The van der Waals surface area contributed by atoms with Crippen LogP contribution >= 0.6 is 15.9 Å². The summed E-state index contributed by atoms with van der Waals surface area (Å²) in [5, 5.41) is 9.81. The van der Waals surface area contributed by atoms with Crippen LogP contribution in [0.2, 0.25) is 0 Å². The van der Waals surface area contributed by atoms with Crippen LogP contribution in [0.1, 0.15) is 18.9 Å². The predicted molar refractivity (Wildman–Crippen MR) is 64.6 cm³/mol. The molecule has 1 atom stereocenters. The second kappa shape index (κ2) is 4.43. The maximum absolute atomic E-state index is 13.6. The molecule has 1 unspecified atom stereocenters. The zero-order valence-electron chi connectivity index (χ0n) is 9.21. The van der Waals surface area contributed by atoms with E-state index in [1.807, 2.05) is 13.0 Å². The number of hydrogen-bond acceptors (Lipinski definition) is 2. The molecule has 88 valence electrons. The maximum atomic E-state index is 13.6. The quantitative estimate of drug-likeness (QED) is 0.904. The summed E-state index contributed by atoms with van der Waals surface area (Å²) in [7, 11) is 0. The summed E-state index contributed by atoms with van der Waals surface area (Å²) >= 11 is 3.23. The van der Waals surface area contributed by atoms with E-state index in [4.69, 9.17) is 0 Å². The van der Waals surface area contributed by atoms with Crippen molar-refractivity contribution in [1.29, 1.82) is 0 Å². The molecule has 1 aromatic rings. The van der Waals surface area contributed by atoms with Crippen molar-refractivity contribution < 1.29 is 9.50 Å². The van der Waals surface area contributed by atoms with Crippen LogP contribution in [0.15, 0.2) is 22.7 Å². The average Bonchev–Trinajstić information content (AvgIpc) is 2.51. The Balaban J connectivity index is 2.05. The normalized spacial score (nSPS) is 26.2. The van der Waals surface area contributed by atoms with Gasteiger partial charge >= 0.3 is 0 Å². The van der Waals surface area contributed by atoms with Crippen molar-refractivity contribution in [3.05, 3.63) is 34.1 Å². The first-order valence-electron chi connectivity index (χ1n) is 5.35. The maximum Gasteiger partial charge on any atom is 0.128 e. The van der Waals surface area contributed by atoms with Gasteiger partial charge in [0.05, 0.1) is 5.60 Å². The summed E-state index contributed by atoms with van der Waals surface area (Å²) in [4.78, 5) is 2.08. The number of β-amino-alcohol motifs (C(OH)–C–C–N with tert-alkyl or cyclic N) is 1. The smallest absolute Gasteiger partial charge is 0.128 e. The Morgan fingerprint density at radius 2 is 2.31 bits per heavy atom. The van der Waals surface area contributed by atoms with E-state index in [1.54, 1.807) is 6.07 Å². The van der Waals surface area contributed by atoms with Crippen LogP contribution in [-0.2, 0) is 6.54 Å². The number of aliphatic hydroxyl groups is 1. The highest BCUT2D eigenvalue weighted by atomic mass is 79.9. The molecule has 4 heteroatoms. The Bertz CT molecular complexity index is 395. The summed E-state index contributed by atoms with van der Waals surface area (Å²) in [6.07, 6.45) is 0.755. The van der Waals surface area contributed by atoms with Gasteiger partial charge < -0.3 is 5.11 Å². The van der Waals surface area contributed by atoms with Crippen molar-refractivity contribution in [2.75, 3.05) is 13.1 Å². The summed E-state index contributed by atoms with van der Waals surface area (Å²) in [5.74, 6) is -0.194. The van der Waals surface area contributed by atoms with E-state index in [0.717, 1.165) is 17.4 Å². The molecule has 0 aliphatic carbocycles. The second-order valence-corrected chi connectivity index (χ2v) is 5.61. The van der Waals surface area contributed by atoms with Gasteiger partial charge in [0, 0.05) is 29.7 Å². The SMILES string of the molecule is CC1(O)CCN(Cc2ccc(Br)cc2F)C1. The van der Waals surface area contributed by atoms with E-state index >= 15 is 0 Å². The molecule has 0 saturated carbocycles. The van der Waals surface area contributed by atoms with E-state index in [0.29, 0.717) is 18.7 Å². The third-order valence-electron chi connectivity index (χ3n) is 2.94. The van der Waals surface area contributed by atoms with Gasteiger partial charge in [-0.2, -0.15) is 0 Å². The van der Waals surface area contributed by atoms with Gasteiger partial charge in [0.25, 0.3) is 0 Å². The third kappa shape index (κ3) is 2.81. The van der Waals surface area contributed by atoms with Gasteiger partial charge in [0.15, 0.2) is 0 Å². The Morgan fingerprint density at radius 3 is 2.88 bits per heavy atom. The average molecular weight is 288 g/mol. The lowest BCUT2D eigenvalue weighted by molar-refractivity contribution is 0.0677. The molecule has 0 bridgehead atoms. The first kappa shape index (κ1) is 12.0. The molecule has 2 nitrogen and oxygen atoms in total. The van der Waals surface area contributed by atoms with Gasteiger partial charge in [-0.1, -0.05) is 22.0 Å². The van der Waals surface area contributed by atoms with Gasteiger partial charge in [-0.15, -0.1) is 0 Å². The van der Waals surface area contributed by atoms with Gasteiger partial charge in [-0.05, 0) is 25.5 Å². The van der Waals surface area contributed by atoms with Crippen molar-refractivity contribution in [1.82, 2.24) is 4.90 Å². The highest BCUT2D eigenvalue weighted by Gasteiger charge is 2.31. The van der Waals surface area contributed by atoms with Gasteiger partial charge in [0.1, 0.15) is 5.82 Å². The van der Waals surface area contributed by atoms with Crippen molar-refractivity contribution >= 4 is 15.9 Å². The number of benzene rings is 1. The molecule has 2 rings (SSSR count). The minimum atomic E-state index is -0.619. The zero-order valence-corrected chi connectivity index (χ0v) is 10.8. The summed E-state index contributed by atoms with van der Waals surface area (Å²) in [6, 6.07) is 5.10. The molecule has 1 aliphatic heterocycles. The molecular weight excluding hydrogens is 273 g/mol. The minimum Gasteiger partial charge on any atom is -0.389 e. The molecule has 0 spiro atoms. The second-order valence-electron chi connectivity index (χ2n) is 4.69. The van der Waals surface area contributed by atoms with Crippen molar-refractivity contribution in [3.63, 3.8) is 0 Å². The topological polar surface area (TPSA) is 23.5 Å². The van der Waals surface area contributed by atoms with Crippen LogP contribution in [-0.4, -0.2) is 28.7 Å². The lowest BCUT2D eigenvalue weighted by Gasteiger charge is -2.19. The Morgan fingerprint density at radius 1 is 1.56 bits per heavy atom. The first-order chi connectivity index (χ1) is 7.46. The van der Waals surface area contributed by atoms with Crippen LogP contribution in [0.5, 0.6) is 0 Å². The predicted octanol–water partition coefficient (Wildman–Crippen LogP) is 2.54. The van der Waals surface area contributed by atoms with E-state index in [2.05, 4.69) is 20.8 Å². The summed E-state index contributed by atoms with van der Waals surface area (Å²) < 4.78 is 14.3. The van der Waals surface area contributed by atoms with E-state index in [-0.39, 0.29) is 5.82 Å². The van der Waals surface area contributed by atoms with Gasteiger partial charge in [-0.25, -0.2) is 4.39 Å². The summed E-state index contributed by atoms with van der Waals surface area (Å²) in [6.45, 7) is 3.82. The fourth-order valence-electron chi connectivity index (χ4n) is 2.06. The van der Waals surface area contributed by atoms with Crippen molar-refractivity contribution in [3.8, 4) is 0 Å². The number of hydrogen-bond donors (Lipinski definition) is 1. The Kier molecular flexibility index (Phi) is 3.33.